The van der Waals surface area contributed by atoms with E-state index in [0.29, 0.717) is 18.0 Å². The minimum absolute atomic E-state index is 0.0193. The Bertz CT molecular complexity index is 495. The molecule has 0 aromatic heterocycles. The van der Waals surface area contributed by atoms with Crippen LogP contribution < -0.4 is 11.1 Å². The number of nitrogens with zero attached hydrogens (tertiary/aromatic N) is 1. The molecular formula is C15H21N3O3. The number of hydrogen-bond acceptors (Lipinski definition) is 4. The third-order valence-corrected chi connectivity index (χ3v) is 4.13. The highest BCUT2D eigenvalue weighted by molar-refractivity contribution is 5.94. The first-order valence-corrected chi connectivity index (χ1v) is 7.37. The molecule has 3 N–H and O–H groups in total. The van der Waals surface area contributed by atoms with Crippen LogP contribution >= 0.6 is 0 Å². The van der Waals surface area contributed by atoms with Crippen molar-refractivity contribution < 1.29 is 9.72 Å². The summed E-state index contributed by atoms with van der Waals surface area (Å²) in [6.07, 6.45) is 5.83. The molecule has 6 nitrogen and oxygen atoms in total. The Hall–Kier alpha value is -1.95. The molecule has 1 aromatic carbocycles. The summed E-state index contributed by atoms with van der Waals surface area (Å²) in [5, 5.41) is 13.6. The molecule has 1 aliphatic carbocycles. The molecule has 0 saturated heterocycles. The summed E-state index contributed by atoms with van der Waals surface area (Å²) in [6, 6.07) is 5.61. The fourth-order valence-electron chi connectivity index (χ4n) is 2.89. The van der Waals surface area contributed by atoms with Crippen molar-refractivity contribution in [1.82, 2.24) is 5.32 Å². The van der Waals surface area contributed by atoms with Gasteiger partial charge in [0.2, 0.25) is 0 Å². The van der Waals surface area contributed by atoms with Crippen LogP contribution in [0.25, 0.3) is 0 Å². The molecule has 1 amide bonds. The van der Waals surface area contributed by atoms with Crippen LogP contribution in [0.3, 0.4) is 0 Å². The summed E-state index contributed by atoms with van der Waals surface area (Å²) in [6.45, 7) is 0.420. The number of nitrogens with two attached hydrogens (primary N) is 1. The number of nitro groups is 1. The third-order valence-electron chi connectivity index (χ3n) is 4.13. The van der Waals surface area contributed by atoms with Crippen molar-refractivity contribution in [3.05, 3.63) is 39.9 Å². The summed E-state index contributed by atoms with van der Waals surface area (Å²) >= 11 is 0. The molecule has 0 aliphatic heterocycles. The quantitative estimate of drug-likeness (QED) is 0.642. The predicted molar refractivity (Wildman–Crippen MR) is 80.0 cm³/mol. The molecule has 0 spiro atoms. The maximum atomic E-state index is 12.2. The second-order valence-electron chi connectivity index (χ2n) is 5.52. The van der Waals surface area contributed by atoms with Crippen LogP contribution in [-0.2, 0) is 0 Å². The molecule has 1 saturated carbocycles. The van der Waals surface area contributed by atoms with E-state index in [0.717, 1.165) is 12.8 Å². The van der Waals surface area contributed by atoms with Gasteiger partial charge in [-0.05, 0) is 30.9 Å². The van der Waals surface area contributed by atoms with Gasteiger partial charge in [-0.1, -0.05) is 19.3 Å². The van der Waals surface area contributed by atoms with Gasteiger partial charge in [0, 0.05) is 30.3 Å². The van der Waals surface area contributed by atoms with E-state index in [-0.39, 0.29) is 17.6 Å². The average Bonchev–Trinajstić information content (AvgIpc) is 2.53. The molecule has 1 atom stereocenters. The van der Waals surface area contributed by atoms with E-state index in [1.807, 2.05) is 0 Å². The van der Waals surface area contributed by atoms with Crippen molar-refractivity contribution in [1.29, 1.82) is 0 Å². The van der Waals surface area contributed by atoms with Crippen molar-refractivity contribution in [2.75, 3.05) is 6.54 Å². The van der Waals surface area contributed by atoms with Gasteiger partial charge >= 0.3 is 0 Å². The summed E-state index contributed by atoms with van der Waals surface area (Å²) < 4.78 is 0. The van der Waals surface area contributed by atoms with E-state index in [4.69, 9.17) is 5.73 Å². The predicted octanol–water partition coefficient (Wildman–Crippen LogP) is 2.23. The van der Waals surface area contributed by atoms with Crippen LogP contribution in [-0.4, -0.2) is 23.4 Å². The molecular weight excluding hydrogens is 270 g/mol. The lowest BCUT2D eigenvalue weighted by Crippen LogP contribution is -2.45. The van der Waals surface area contributed by atoms with Gasteiger partial charge in [0.05, 0.1) is 4.92 Å². The zero-order valence-corrected chi connectivity index (χ0v) is 12.0. The monoisotopic (exact) mass is 291 g/mol. The largest absolute Gasteiger partial charge is 0.348 e. The highest BCUT2D eigenvalue weighted by atomic mass is 16.6. The lowest BCUT2D eigenvalue weighted by Gasteiger charge is -2.30. The van der Waals surface area contributed by atoms with Gasteiger partial charge in [-0.15, -0.1) is 0 Å². The topological polar surface area (TPSA) is 98.3 Å². The van der Waals surface area contributed by atoms with Gasteiger partial charge in [0.15, 0.2) is 0 Å². The van der Waals surface area contributed by atoms with Crippen molar-refractivity contribution in [3.63, 3.8) is 0 Å². The van der Waals surface area contributed by atoms with Crippen molar-refractivity contribution in [2.24, 2.45) is 11.7 Å². The number of carbonyl (C=O) groups is 1. The Morgan fingerprint density at radius 2 is 1.90 bits per heavy atom. The highest BCUT2D eigenvalue weighted by Crippen LogP contribution is 2.26. The summed E-state index contributed by atoms with van der Waals surface area (Å²) in [5.41, 5.74) is 6.20. The first-order chi connectivity index (χ1) is 10.1. The number of amides is 1. The minimum atomic E-state index is -0.480. The fraction of sp³-hybridized carbons (Fsp3) is 0.533. The van der Waals surface area contributed by atoms with E-state index >= 15 is 0 Å². The molecule has 0 radical (unpaired) electrons. The Balaban J connectivity index is 1.99. The Kier molecular flexibility index (Phi) is 5.27. The Morgan fingerprint density at radius 1 is 1.29 bits per heavy atom. The van der Waals surface area contributed by atoms with E-state index in [2.05, 4.69) is 5.32 Å². The van der Waals surface area contributed by atoms with E-state index in [1.165, 1.54) is 43.5 Å². The van der Waals surface area contributed by atoms with Crippen molar-refractivity contribution in [2.45, 2.75) is 38.1 Å². The standard InChI is InChI=1S/C15H21N3O3/c16-10-14(11-4-2-1-3-5-11)17-15(19)12-6-8-13(9-7-12)18(20)21/h6-9,11,14H,1-5,10,16H2,(H,17,19). The van der Waals surface area contributed by atoms with Crippen molar-refractivity contribution in [3.8, 4) is 0 Å². The van der Waals surface area contributed by atoms with Crippen LogP contribution in [0, 0.1) is 16.0 Å². The lowest BCUT2D eigenvalue weighted by molar-refractivity contribution is -0.384. The van der Waals surface area contributed by atoms with Gasteiger partial charge in [-0.2, -0.15) is 0 Å². The lowest BCUT2D eigenvalue weighted by atomic mass is 9.84. The van der Waals surface area contributed by atoms with Gasteiger partial charge < -0.3 is 11.1 Å². The number of nitrogens with one attached hydrogen (secondary N) is 1. The number of carbonyl (C=O) groups excluding carboxylic acids is 1. The molecule has 1 fully saturated rings. The first-order valence-electron chi connectivity index (χ1n) is 7.37. The van der Waals surface area contributed by atoms with E-state index < -0.39 is 4.92 Å². The summed E-state index contributed by atoms with van der Waals surface area (Å²) in [5.74, 6) is 0.219. The molecule has 0 heterocycles. The number of benzene rings is 1. The van der Waals surface area contributed by atoms with Gasteiger partial charge in [0.1, 0.15) is 0 Å². The van der Waals surface area contributed by atoms with Gasteiger partial charge in [0.25, 0.3) is 11.6 Å². The second kappa shape index (κ2) is 7.17. The SMILES string of the molecule is NCC(NC(=O)c1ccc([N+](=O)[O-])cc1)C1CCCCC1. The van der Waals surface area contributed by atoms with Gasteiger partial charge in [-0.3, -0.25) is 14.9 Å². The zero-order valence-electron chi connectivity index (χ0n) is 12.0. The van der Waals surface area contributed by atoms with Crippen molar-refractivity contribution >= 4 is 11.6 Å². The summed E-state index contributed by atoms with van der Waals surface area (Å²) in [4.78, 5) is 22.3. The van der Waals surface area contributed by atoms with Crippen LogP contribution in [0.2, 0.25) is 0 Å². The smallest absolute Gasteiger partial charge is 0.269 e. The number of non-ortho nitro benzene ring substituents is 1. The first kappa shape index (κ1) is 15.4. The zero-order chi connectivity index (χ0) is 15.2. The number of hydrogen-bond donors (Lipinski definition) is 2. The number of nitro benzene ring substituents is 1. The molecule has 1 aliphatic rings. The normalized spacial score (nSPS) is 17.2. The van der Waals surface area contributed by atoms with E-state index in [9.17, 15) is 14.9 Å². The number of rotatable bonds is 5. The molecule has 1 aromatic rings. The molecule has 114 valence electrons. The fourth-order valence-corrected chi connectivity index (χ4v) is 2.89. The molecule has 1 unspecified atom stereocenters. The van der Waals surface area contributed by atoms with Crippen LogP contribution in [0.5, 0.6) is 0 Å². The molecule has 6 heteroatoms. The van der Waals surface area contributed by atoms with Crippen LogP contribution in [0.4, 0.5) is 5.69 Å². The third kappa shape index (κ3) is 4.01. The maximum Gasteiger partial charge on any atom is 0.269 e. The van der Waals surface area contributed by atoms with Gasteiger partial charge in [-0.25, -0.2) is 0 Å². The Morgan fingerprint density at radius 3 is 2.43 bits per heavy atom. The maximum absolute atomic E-state index is 12.2. The Labute approximate surface area is 123 Å². The highest BCUT2D eigenvalue weighted by Gasteiger charge is 2.24. The summed E-state index contributed by atoms with van der Waals surface area (Å²) in [7, 11) is 0. The average molecular weight is 291 g/mol. The molecule has 21 heavy (non-hydrogen) atoms. The minimum Gasteiger partial charge on any atom is -0.348 e. The van der Waals surface area contributed by atoms with E-state index in [1.54, 1.807) is 0 Å². The van der Waals surface area contributed by atoms with Crippen LogP contribution in [0.1, 0.15) is 42.5 Å². The molecule has 2 rings (SSSR count). The second-order valence-corrected chi connectivity index (χ2v) is 5.52. The molecule has 0 bridgehead atoms. The van der Waals surface area contributed by atoms with Crippen LogP contribution in [0.15, 0.2) is 24.3 Å².